The molecule has 141 valence electrons. The van der Waals surface area contributed by atoms with Crippen LogP contribution in [0.4, 0.5) is 0 Å². The van der Waals surface area contributed by atoms with E-state index in [1.54, 1.807) is 16.4 Å². The Balaban J connectivity index is 1.58. The molecule has 0 spiro atoms. The predicted octanol–water partition coefficient (Wildman–Crippen LogP) is 1.77. The molecule has 2 bridgehead atoms. The van der Waals surface area contributed by atoms with Crippen LogP contribution < -0.4 is 9.67 Å². The molecule has 3 atom stereocenters. The molecule has 0 aromatic heterocycles. The molecule has 2 saturated carbocycles. The first-order valence-corrected chi connectivity index (χ1v) is 13.8. The van der Waals surface area contributed by atoms with Crippen LogP contribution in [0.15, 0.2) is 23.1 Å². The molecule has 1 N–H and O–H groups in total. The summed E-state index contributed by atoms with van der Waals surface area (Å²) < 4.78 is 28.5. The molecule has 3 fully saturated rings. The number of carbonyl (C=O) groups excluding carboxylic acids is 1. The molecular formula is C19H26AsN2O3S. The van der Waals surface area contributed by atoms with Crippen LogP contribution >= 0.6 is 0 Å². The second-order valence-corrected chi connectivity index (χ2v) is 11.6. The van der Waals surface area contributed by atoms with Crippen molar-refractivity contribution in [2.75, 3.05) is 13.1 Å². The van der Waals surface area contributed by atoms with Gasteiger partial charge in [0.1, 0.15) is 0 Å². The minimum atomic E-state index is -3.50. The maximum atomic E-state index is 13.0. The molecule has 7 heteroatoms. The number of benzene rings is 1. The number of nitrogens with one attached hydrogen (secondary N) is 1. The summed E-state index contributed by atoms with van der Waals surface area (Å²) in [5.74, 6) is 1.25. The molecule has 1 aliphatic heterocycles. The Bertz CT molecular complexity index is 805. The molecule has 1 amide bonds. The van der Waals surface area contributed by atoms with Crippen LogP contribution in [0.3, 0.4) is 0 Å². The first-order chi connectivity index (χ1) is 12.5. The van der Waals surface area contributed by atoms with Gasteiger partial charge in [-0.15, -0.1) is 0 Å². The van der Waals surface area contributed by atoms with Gasteiger partial charge in [0.2, 0.25) is 0 Å². The molecule has 2 aliphatic carbocycles. The molecule has 26 heavy (non-hydrogen) atoms. The molecule has 3 unspecified atom stereocenters. The van der Waals surface area contributed by atoms with Gasteiger partial charge >= 0.3 is 163 Å². The van der Waals surface area contributed by atoms with Crippen molar-refractivity contribution in [3.8, 4) is 0 Å². The Morgan fingerprint density at radius 1 is 1.19 bits per heavy atom. The summed E-state index contributed by atoms with van der Waals surface area (Å²) in [7, 11) is -3.50. The molecule has 1 saturated heterocycles. The second-order valence-electron chi connectivity index (χ2n) is 7.77. The minimum absolute atomic E-state index is 0.126. The van der Waals surface area contributed by atoms with E-state index in [4.69, 9.17) is 0 Å². The average molecular weight is 437 g/mol. The Morgan fingerprint density at radius 3 is 2.58 bits per heavy atom. The Labute approximate surface area is 162 Å². The van der Waals surface area contributed by atoms with Crippen molar-refractivity contribution in [3.63, 3.8) is 0 Å². The second kappa shape index (κ2) is 7.29. The van der Waals surface area contributed by atoms with Gasteiger partial charge in [0.25, 0.3) is 0 Å². The predicted molar refractivity (Wildman–Crippen MR) is 102 cm³/mol. The zero-order chi connectivity index (χ0) is 18.3. The van der Waals surface area contributed by atoms with Crippen LogP contribution in [0.5, 0.6) is 0 Å². The molecule has 1 heterocycles. The normalized spacial score (nSPS) is 29.0. The van der Waals surface area contributed by atoms with Gasteiger partial charge in [-0.3, -0.25) is 0 Å². The van der Waals surface area contributed by atoms with Gasteiger partial charge in [-0.1, -0.05) is 0 Å². The zero-order valence-electron chi connectivity index (χ0n) is 15.1. The molecule has 1 radical (unpaired) electrons. The van der Waals surface area contributed by atoms with Crippen LogP contribution in [0.25, 0.3) is 0 Å². The number of hydrogen-bond donors (Lipinski definition) is 1. The van der Waals surface area contributed by atoms with Gasteiger partial charge in [0, 0.05) is 0 Å². The van der Waals surface area contributed by atoms with Crippen molar-refractivity contribution in [3.05, 3.63) is 23.8 Å². The standard InChI is InChI=1S/C19H26AsN2O3S/c1-20-16-7-6-15(12-18(16)26(24,25)22-8-2-3-9-22)19(23)21-17-11-13-4-5-14(17)10-13/h6-7,12-14,17H,2-5,8-11H2,1H3,(H,21,23). The summed E-state index contributed by atoms with van der Waals surface area (Å²) >= 11 is -0.232. The molecular weight excluding hydrogens is 411 g/mol. The van der Waals surface area contributed by atoms with E-state index < -0.39 is 10.0 Å². The van der Waals surface area contributed by atoms with E-state index in [1.807, 2.05) is 11.8 Å². The van der Waals surface area contributed by atoms with Gasteiger partial charge in [-0.05, 0) is 0 Å². The number of amides is 1. The van der Waals surface area contributed by atoms with Crippen molar-refractivity contribution >= 4 is 36.0 Å². The average Bonchev–Trinajstić information content (AvgIpc) is 3.39. The maximum absolute atomic E-state index is 13.0. The van der Waals surface area contributed by atoms with E-state index in [-0.39, 0.29) is 27.7 Å². The first-order valence-electron chi connectivity index (χ1n) is 9.54. The van der Waals surface area contributed by atoms with Crippen molar-refractivity contribution in [2.45, 2.75) is 55.2 Å². The van der Waals surface area contributed by atoms with Gasteiger partial charge in [0.05, 0.1) is 0 Å². The quantitative estimate of drug-likeness (QED) is 0.715. The first kappa shape index (κ1) is 18.5. The van der Waals surface area contributed by atoms with E-state index in [0.717, 1.165) is 29.5 Å². The summed E-state index contributed by atoms with van der Waals surface area (Å²) in [6, 6.07) is 5.51. The van der Waals surface area contributed by atoms with Crippen molar-refractivity contribution in [2.24, 2.45) is 11.8 Å². The Kier molecular flexibility index (Phi) is 5.19. The summed E-state index contributed by atoms with van der Waals surface area (Å²) in [5, 5.41) is 3.17. The van der Waals surface area contributed by atoms with Gasteiger partial charge in [-0.2, -0.15) is 0 Å². The number of hydrogen-bond acceptors (Lipinski definition) is 3. The third kappa shape index (κ3) is 3.36. The summed E-state index contributed by atoms with van der Waals surface area (Å²) in [5.41, 5.74) is 2.52. The van der Waals surface area contributed by atoms with Crippen LogP contribution in [0.1, 0.15) is 48.9 Å². The number of sulfonamides is 1. The molecule has 5 nitrogen and oxygen atoms in total. The van der Waals surface area contributed by atoms with E-state index in [0.29, 0.717) is 29.5 Å². The summed E-state index contributed by atoms with van der Waals surface area (Å²) in [6.45, 7) is 1.17. The van der Waals surface area contributed by atoms with Crippen molar-refractivity contribution in [1.82, 2.24) is 9.62 Å². The molecule has 1 aromatic rings. The number of carbonyl (C=O) groups is 1. The summed E-state index contributed by atoms with van der Waals surface area (Å²) in [6.07, 6.45) is 6.65. The summed E-state index contributed by atoms with van der Waals surface area (Å²) in [4.78, 5) is 13.1. The Morgan fingerprint density at radius 2 is 1.96 bits per heavy atom. The van der Waals surface area contributed by atoms with Crippen LogP contribution in [-0.4, -0.2) is 53.5 Å². The third-order valence-corrected chi connectivity index (χ3v) is 10.3. The van der Waals surface area contributed by atoms with Crippen molar-refractivity contribution in [1.29, 1.82) is 0 Å². The van der Waals surface area contributed by atoms with Crippen LogP contribution in [0.2, 0.25) is 5.71 Å². The SMILES string of the molecule is C[As]c1ccc(C(=O)NC2CC3CCC2C3)cc1S(=O)(=O)N1CCCC1. The zero-order valence-corrected chi connectivity index (χ0v) is 17.8. The van der Waals surface area contributed by atoms with Gasteiger partial charge in [-0.25, -0.2) is 0 Å². The molecule has 4 rings (SSSR count). The fourth-order valence-electron chi connectivity index (χ4n) is 4.79. The van der Waals surface area contributed by atoms with E-state index in [9.17, 15) is 13.2 Å². The number of fused-ring (bicyclic) bond motifs is 2. The fraction of sp³-hybridized carbons (Fsp3) is 0.632. The number of rotatable bonds is 5. The van der Waals surface area contributed by atoms with E-state index in [1.165, 1.54) is 19.3 Å². The Hall–Kier alpha value is -0.842. The van der Waals surface area contributed by atoms with Crippen LogP contribution in [-0.2, 0) is 10.0 Å². The monoisotopic (exact) mass is 437 g/mol. The fourth-order valence-corrected chi connectivity index (χ4v) is 8.68. The molecule has 3 aliphatic rings. The van der Waals surface area contributed by atoms with Gasteiger partial charge < -0.3 is 0 Å². The molecule has 1 aromatic carbocycles. The van der Waals surface area contributed by atoms with E-state index >= 15 is 0 Å². The van der Waals surface area contributed by atoms with Crippen molar-refractivity contribution < 1.29 is 13.2 Å². The van der Waals surface area contributed by atoms with E-state index in [2.05, 4.69) is 5.32 Å². The van der Waals surface area contributed by atoms with Gasteiger partial charge in [0.15, 0.2) is 0 Å². The third-order valence-electron chi connectivity index (χ3n) is 6.20. The topological polar surface area (TPSA) is 66.5 Å². The number of nitrogens with zero attached hydrogens (tertiary/aromatic N) is 1. The van der Waals surface area contributed by atoms with Crippen LogP contribution in [0, 0.1) is 11.8 Å².